The van der Waals surface area contributed by atoms with Gasteiger partial charge in [0.25, 0.3) is 5.69 Å². The number of para-hydroxylation sites is 2. The molecule has 1 saturated heterocycles. The first kappa shape index (κ1) is 27.2. The number of benzene rings is 4. The molecule has 10 heteroatoms. The van der Waals surface area contributed by atoms with E-state index in [0.717, 1.165) is 22.3 Å². The lowest BCUT2D eigenvalue weighted by molar-refractivity contribution is -0.384. The van der Waals surface area contributed by atoms with Gasteiger partial charge in [-0.3, -0.25) is 24.5 Å². The van der Waals surface area contributed by atoms with Crippen LogP contribution in [0.15, 0.2) is 102 Å². The molecule has 10 nitrogen and oxygen atoms in total. The van der Waals surface area contributed by atoms with Crippen molar-refractivity contribution in [1.29, 1.82) is 0 Å². The Bertz CT molecular complexity index is 1840. The minimum Gasteiger partial charge on any atom is -0.495 e. The molecule has 44 heavy (non-hydrogen) atoms. The molecular weight excluding hydrogens is 560 g/mol. The first-order valence-corrected chi connectivity index (χ1v) is 14.1. The van der Waals surface area contributed by atoms with Gasteiger partial charge in [0, 0.05) is 24.3 Å². The average Bonchev–Trinajstić information content (AvgIpc) is 3.31. The van der Waals surface area contributed by atoms with Crippen LogP contribution in [-0.2, 0) is 26.2 Å². The number of methoxy groups -OCH3 is 1. The van der Waals surface area contributed by atoms with Gasteiger partial charge in [0.05, 0.1) is 41.4 Å². The highest BCUT2D eigenvalue weighted by molar-refractivity contribution is 6.25. The van der Waals surface area contributed by atoms with Crippen LogP contribution in [0.1, 0.15) is 33.7 Å². The number of nitro benzene ring substituents is 1. The third kappa shape index (κ3) is 3.87. The van der Waals surface area contributed by atoms with Crippen LogP contribution in [0.3, 0.4) is 0 Å². The van der Waals surface area contributed by atoms with E-state index >= 15 is 0 Å². The van der Waals surface area contributed by atoms with Gasteiger partial charge in [0.1, 0.15) is 5.75 Å². The van der Waals surface area contributed by atoms with E-state index in [1.54, 1.807) is 30.5 Å². The van der Waals surface area contributed by atoms with Crippen LogP contribution in [0.4, 0.5) is 11.4 Å². The molecule has 4 aliphatic rings. The molecule has 8 rings (SSSR count). The Morgan fingerprint density at radius 1 is 0.932 bits per heavy atom. The lowest BCUT2D eigenvalue weighted by Gasteiger charge is -2.52. The summed E-state index contributed by atoms with van der Waals surface area (Å²) in [6.45, 7) is 0. The second-order valence-corrected chi connectivity index (χ2v) is 11.1. The summed E-state index contributed by atoms with van der Waals surface area (Å²) in [6.07, 6.45) is 1.55. The molecule has 0 radical (unpaired) electrons. The zero-order valence-electron chi connectivity index (χ0n) is 23.5. The third-order valence-corrected chi connectivity index (χ3v) is 8.98. The predicted molar refractivity (Wildman–Crippen MR) is 161 cm³/mol. The van der Waals surface area contributed by atoms with Gasteiger partial charge in [-0.15, -0.1) is 0 Å². The van der Waals surface area contributed by atoms with E-state index in [-0.39, 0.29) is 29.8 Å². The quantitative estimate of drug-likeness (QED) is 0.147. The van der Waals surface area contributed by atoms with Crippen molar-refractivity contribution < 1.29 is 24.0 Å². The van der Waals surface area contributed by atoms with Gasteiger partial charge < -0.3 is 4.74 Å². The van der Waals surface area contributed by atoms with Crippen molar-refractivity contribution in [3.8, 4) is 5.75 Å². The van der Waals surface area contributed by atoms with Crippen molar-refractivity contribution in [1.82, 2.24) is 5.43 Å². The lowest BCUT2D eigenvalue weighted by Crippen LogP contribution is -2.54. The largest absolute Gasteiger partial charge is 0.495 e. The molecule has 0 aromatic heterocycles. The molecule has 0 spiro atoms. The summed E-state index contributed by atoms with van der Waals surface area (Å²) < 4.78 is 5.53. The van der Waals surface area contributed by atoms with E-state index in [4.69, 9.17) is 4.74 Å². The maximum atomic E-state index is 14.5. The number of anilines is 1. The summed E-state index contributed by atoms with van der Waals surface area (Å²) in [5.74, 6) is -2.53. The first-order valence-electron chi connectivity index (χ1n) is 14.1. The van der Waals surface area contributed by atoms with Crippen LogP contribution < -0.4 is 15.1 Å². The van der Waals surface area contributed by atoms with Crippen molar-refractivity contribution in [3.05, 3.63) is 135 Å². The van der Waals surface area contributed by atoms with E-state index < -0.39 is 28.1 Å². The van der Waals surface area contributed by atoms with Crippen molar-refractivity contribution in [2.45, 2.75) is 17.8 Å². The zero-order valence-corrected chi connectivity index (χ0v) is 23.5. The Kier molecular flexibility index (Phi) is 6.35. The highest BCUT2D eigenvalue weighted by Gasteiger charge is 2.68. The SMILES string of the molecule is COc1ccccc1N1C(=O)[C@@H]2C3c4ccccc4C(/C=N\NC(=O)Cc4ccc([N+](=O)[O-])cc4)(c4ccccc43)[C@@H]2C1=O. The first-order chi connectivity index (χ1) is 21.4. The van der Waals surface area contributed by atoms with Crippen LogP contribution in [0.25, 0.3) is 0 Å². The van der Waals surface area contributed by atoms with Gasteiger partial charge in [-0.05, 0) is 39.9 Å². The van der Waals surface area contributed by atoms with Crippen molar-refractivity contribution in [2.24, 2.45) is 16.9 Å². The van der Waals surface area contributed by atoms with E-state index in [2.05, 4.69) is 10.5 Å². The van der Waals surface area contributed by atoms with Crippen molar-refractivity contribution in [2.75, 3.05) is 12.0 Å². The fourth-order valence-corrected chi connectivity index (χ4v) is 7.27. The molecule has 0 unspecified atom stereocenters. The Labute approximate surface area is 252 Å². The van der Waals surface area contributed by atoms with E-state index in [0.29, 0.717) is 17.0 Å². The van der Waals surface area contributed by atoms with Gasteiger partial charge in [-0.25, -0.2) is 10.3 Å². The predicted octanol–water partition coefficient (Wildman–Crippen LogP) is 4.50. The Morgan fingerprint density at radius 2 is 1.55 bits per heavy atom. The molecule has 4 aromatic rings. The molecule has 0 saturated carbocycles. The number of nitro groups is 1. The van der Waals surface area contributed by atoms with Gasteiger partial charge in [-0.1, -0.05) is 72.8 Å². The van der Waals surface area contributed by atoms with E-state index in [1.165, 1.54) is 36.3 Å². The number of carbonyl (C=O) groups excluding carboxylic acids is 3. The normalized spacial score (nSPS) is 22.8. The van der Waals surface area contributed by atoms with Crippen LogP contribution in [0.5, 0.6) is 5.75 Å². The maximum absolute atomic E-state index is 14.5. The summed E-state index contributed by atoms with van der Waals surface area (Å²) in [7, 11) is 1.50. The van der Waals surface area contributed by atoms with E-state index in [1.807, 2.05) is 48.5 Å². The Balaban J connectivity index is 1.31. The number of rotatable bonds is 7. The monoisotopic (exact) mass is 586 g/mol. The number of non-ortho nitro benzene ring substituents is 1. The third-order valence-electron chi connectivity index (χ3n) is 8.98. The van der Waals surface area contributed by atoms with Gasteiger partial charge >= 0.3 is 0 Å². The maximum Gasteiger partial charge on any atom is 0.269 e. The molecule has 1 aliphatic heterocycles. The number of nitrogens with zero attached hydrogens (tertiary/aromatic N) is 3. The van der Waals surface area contributed by atoms with Crippen molar-refractivity contribution in [3.63, 3.8) is 0 Å². The van der Waals surface area contributed by atoms with E-state index in [9.17, 15) is 24.5 Å². The highest BCUT2D eigenvalue weighted by Crippen LogP contribution is 2.63. The summed E-state index contributed by atoms with van der Waals surface area (Å²) in [4.78, 5) is 53.4. The molecule has 1 fully saturated rings. The number of ether oxygens (including phenoxy) is 1. The topological polar surface area (TPSA) is 131 Å². The number of nitrogens with one attached hydrogen (secondary N) is 1. The number of carbonyl (C=O) groups is 3. The summed E-state index contributed by atoms with van der Waals surface area (Å²) in [5.41, 5.74) is 5.96. The minimum atomic E-state index is -1.14. The fraction of sp³-hybridized carbons (Fsp3) is 0.176. The van der Waals surface area contributed by atoms with Crippen molar-refractivity contribution >= 4 is 35.3 Å². The summed E-state index contributed by atoms with van der Waals surface area (Å²) in [6, 6.07) is 28.2. The molecule has 3 amide bonds. The second-order valence-electron chi connectivity index (χ2n) is 11.1. The van der Waals surface area contributed by atoms with Gasteiger partial charge in [0.15, 0.2) is 0 Å². The molecule has 218 valence electrons. The fourth-order valence-electron chi connectivity index (χ4n) is 7.27. The average molecular weight is 587 g/mol. The lowest BCUT2D eigenvalue weighted by atomic mass is 9.47. The minimum absolute atomic E-state index is 0.0529. The van der Waals surface area contributed by atoms with Crippen LogP contribution in [0.2, 0.25) is 0 Å². The number of hydrazone groups is 1. The summed E-state index contributed by atoms with van der Waals surface area (Å²) >= 11 is 0. The molecule has 1 heterocycles. The molecule has 1 N–H and O–H groups in total. The summed E-state index contributed by atoms with van der Waals surface area (Å²) in [5, 5.41) is 15.4. The Hall–Kier alpha value is -5.64. The molecule has 2 bridgehead atoms. The molecule has 4 aromatic carbocycles. The zero-order chi connectivity index (χ0) is 30.6. The number of amides is 3. The smallest absolute Gasteiger partial charge is 0.269 e. The van der Waals surface area contributed by atoms with Crippen LogP contribution >= 0.6 is 0 Å². The van der Waals surface area contributed by atoms with Crippen LogP contribution in [-0.4, -0.2) is 36.0 Å². The van der Waals surface area contributed by atoms with Crippen LogP contribution in [0, 0.1) is 22.0 Å². The highest BCUT2D eigenvalue weighted by atomic mass is 16.6. The van der Waals surface area contributed by atoms with Gasteiger partial charge in [0.2, 0.25) is 17.7 Å². The molecular formula is C34H26N4O6. The number of hydrogen-bond donors (Lipinski definition) is 1. The van der Waals surface area contributed by atoms with Gasteiger partial charge in [-0.2, -0.15) is 5.10 Å². The number of imide groups is 1. The second kappa shape index (κ2) is 10.3. The molecule has 3 aliphatic carbocycles. The Morgan fingerprint density at radius 3 is 2.18 bits per heavy atom. The number of hydrogen-bond acceptors (Lipinski definition) is 7. The molecule has 2 atom stereocenters. The standard InChI is InChI=1S/C34H26N4O6/c1-44-27-13-7-6-12-26(27)37-32(40)30-29-22-8-2-4-10-24(22)34(31(30)33(37)41,25-11-5-3-9-23(25)29)19-35-36-28(39)18-20-14-16-21(17-15-20)38(42)43/h2-17,19,29-31H,18H2,1H3,(H,36,39)/b35-19-/t29?,30-,31+,34?/m1/s1.